The second-order valence-corrected chi connectivity index (χ2v) is 7.14. The zero-order chi connectivity index (χ0) is 15.6. The number of carbonyl (C=O) groups is 1. The van der Waals surface area contributed by atoms with Crippen LogP contribution in [-0.2, 0) is 16.6 Å². The van der Waals surface area contributed by atoms with Crippen LogP contribution < -0.4 is 4.72 Å². The molecule has 7 nitrogen and oxygen atoms in total. The van der Waals surface area contributed by atoms with Gasteiger partial charge in [-0.1, -0.05) is 0 Å². The number of aromatic carboxylic acids is 1. The number of carboxylic acids is 1. The monoisotopic (exact) mass is 329 g/mol. The number of carboxylic acid groups (broad SMARTS) is 1. The van der Waals surface area contributed by atoms with E-state index in [1.54, 1.807) is 24.0 Å². The summed E-state index contributed by atoms with van der Waals surface area (Å²) in [5.74, 6) is -1.24. The molecule has 21 heavy (non-hydrogen) atoms. The minimum atomic E-state index is -3.85. The maximum atomic E-state index is 12.2. The Morgan fingerprint density at radius 2 is 2.19 bits per heavy atom. The molecule has 2 aromatic rings. The van der Waals surface area contributed by atoms with E-state index in [2.05, 4.69) is 9.82 Å². The molecule has 0 aliphatic heterocycles. The Morgan fingerprint density at radius 1 is 1.48 bits per heavy atom. The van der Waals surface area contributed by atoms with Crippen molar-refractivity contribution in [3.63, 3.8) is 0 Å². The molecule has 0 aromatic carbocycles. The number of aryl methyl sites for hydroxylation is 2. The van der Waals surface area contributed by atoms with Gasteiger partial charge in [0.2, 0.25) is 10.0 Å². The Hall–Kier alpha value is -1.71. The van der Waals surface area contributed by atoms with E-state index in [4.69, 9.17) is 5.11 Å². The molecule has 114 valence electrons. The van der Waals surface area contributed by atoms with Gasteiger partial charge in [0.25, 0.3) is 0 Å². The van der Waals surface area contributed by atoms with Crippen LogP contribution in [0.25, 0.3) is 0 Å². The molecule has 0 saturated heterocycles. The Bertz CT molecular complexity index is 761. The average molecular weight is 329 g/mol. The maximum absolute atomic E-state index is 12.2. The number of nitrogens with one attached hydrogen (secondary N) is 1. The van der Waals surface area contributed by atoms with Crippen LogP contribution in [0.5, 0.6) is 0 Å². The molecule has 0 amide bonds. The van der Waals surface area contributed by atoms with Gasteiger partial charge in [0.05, 0.1) is 12.7 Å². The lowest BCUT2D eigenvalue weighted by Crippen LogP contribution is -2.28. The van der Waals surface area contributed by atoms with Crippen molar-refractivity contribution < 1.29 is 18.3 Å². The molecule has 0 atom stereocenters. The fourth-order valence-corrected chi connectivity index (χ4v) is 4.52. The van der Waals surface area contributed by atoms with Gasteiger partial charge in [-0.25, -0.2) is 17.9 Å². The number of nitrogens with zero attached hydrogens (tertiary/aromatic N) is 2. The largest absolute Gasteiger partial charge is 0.477 e. The molecule has 0 aliphatic carbocycles. The van der Waals surface area contributed by atoms with Crippen molar-refractivity contribution in [2.24, 2.45) is 0 Å². The number of hydrogen-bond donors (Lipinski definition) is 2. The summed E-state index contributed by atoms with van der Waals surface area (Å²) in [5, 5.41) is 14.6. The van der Waals surface area contributed by atoms with E-state index in [-0.39, 0.29) is 16.3 Å². The first-order valence-corrected chi connectivity index (χ1v) is 8.47. The van der Waals surface area contributed by atoms with Crippen LogP contribution in [0, 0.1) is 13.8 Å². The molecule has 9 heteroatoms. The third-order valence-electron chi connectivity index (χ3n) is 2.78. The number of rotatable bonds is 6. The smallest absolute Gasteiger partial charge is 0.347 e. The fraction of sp³-hybridized carbons (Fsp3) is 0.333. The second-order valence-electron chi connectivity index (χ2n) is 4.56. The van der Waals surface area contributed by atoms with E-state index >= 15 is 0 Å². The van der Waals surface area contributed by atoms with Gasteiger partial charge in [0, 0.05) is 12.7 Å². The van der Waals surface area contributed by atoms with E-state index in [9.17, 15) is 13.2 Å². The maximum Gasteiger partial charge on any atom is 0.347 e. The normalized spacial score (nSPS) is 11.7. The minimum absolute atomic E-state index is 0.137. The topological polar surface area (TPSA) is 101 Å². The summed E-state index contributed by atoms with van der Waals surface area (Å²) in [4.78, 5) is 10.8. The summed E-state index contributed by atoms with van der Waals surface area (Å²) in [6.45, 7) is 3.98. The summed E-state index contributed by atoms with van der Waals surface area (Å²) in [6.07, 6.45) is 3.48. The molecule has 2 aromatic heterocycles. The molecule has 0 radical (unpaired) electrons. The van der Waals surface area contributed by atoms with Gasteiger partial charge in [-0.05, 0) is 30.4 Å². The first-order valence-electron chi connectivity index (χ1n) is 6.11. The highest BCUT2D eigenvalue weighted by atomic mass is 32.2. The van der Waals surface area contributed by atoms with Crippen molar-refractivity contribution in [1.82, 2.24) is 14.5 Å². The molecule has 2 rings (SSSR count). The zero-order valence-electron chi connectivity index (χ0n) is 11.5. The first kappa shape index (κ1) is 15.7. The van der Waals surface area contributed by atoms with Crippen LogP contribution in [0.3, 0.4) is 0 Å². The van der Waals surface area contributed by atoms with E-state index in [0.717, 1.165) is 16.9 Å². The summed E-state index contributed by atoms with van der Waals surface area (Å²) in [5.41, 5.74) is 1.42. The van der Waals surface area contributed by atoms with Crippen LogP contribution in [-0.4, -0.2) is 35.8 Å². The lowest BCUT2D eigenvalue weighted by Gasteiger charge is -2.08. The van der Waals surface area contributed by atoms with Crippen LogP contribution in [0.2, 0.25) is 0 Å². The lowest BCUT2D eigenvalue weighted by atomic mass is 10.3. The fourth-order valence-electron chi connectivity index (χ4n) is 1.87. The third kappa shape index (κ3) is 3.49. The molecular weight excluding hydrogens is 314 g/mol. The van der Waals surface area contributed by atoms with Crippen molar-refractivity contribution in [3.8, 4) is 0 Å². The molecule has 0 aliphatic rings. The highest BCUT2D eigenvalue weighted by molar-refractivity contribution is 7.89. The van der Waals surface area contributed by atoms with E-state index < -0.39 is 16.0 Å². The van der Waals surface area contributed by atoms with Gasteiger partial charge < -0.3 is 5.11 Å². The van der Waals surface area contributed by atoms with Gasteiger partial charge in [-0.3, -0.25) is 4.68 Å². The first-order chi connectivity index (χ1) is 9.81. The molecule has 0 fully saturated rings. The summed E-state index contributed by atoms with van der Waals surface area (Å²) in [7, 11) is -3.85. The standard InChI is InChI=1S/C12H15N3O4S2/c1-8-5-13-15(6-8)4-3-14-21(18,19)11-9(2)7-20-10(11)12(16)17/h5-7,14H,3-4H2,1-2H3,(H,16,17). The summed E-state index contributed by atoms with van der Waals surface area (Å²) < 4.78 is 28.5. The van der Waals surface area contributed by atoms with Gasteiger partial charge in [0.15, 0.2) is 0 Å². The van der Waals surface area contributed by atoms with Crippen molar-refractivity contribution in [2.45, 2.75) is 25.3 Å². The summed E-state index contributed by atoms with van der Waals surface area (Å²) in [6, 6.07) is 0. The van der Waals surface area contributed by atoms with E-state index in [1.807, 2.05) is 6.92 Å². The molecule has 0 unspecified atom stereocenters. The number of thiophene rings is 1. The molecule has 0 saturated carbocycles. The summed E-state index contributed by atoms with van der Waals surface area (Å²) >= 11 is 0.908. The Labute approximate surface area is 126 Å². The number of sulfonamides is 1. The number of hydrogen-bond acceptors (Lipinski definition) is 5. The number of aromatic nitrogens is 2. The molecular formula is C12H15N3O4S2. The quantitative estimate of drug-likeness (QED) is 0.830. The molecule has 0 bridgehead atoms. The Kier molecular flexibility index (Phi) is 4.45. The van der Waals surface area contributed by atoms with Crippen LogP contribution in [0.1, 0.15) is 20.8 Å². The van der Waals surface area contributed by atoms with Crippen molar-refractivity contribution >= 4 is 27.3 Å². The Morgan fingerprint density at radius 3 is 2.76 bits per heavy atom. The van der Waals surface area contributed by atoms with Crippen molar-refractivity contribution in [1.29, 1.82) is 0 Å². The lowest BCUT2D eigenvalue weighted by molar-refractivity contribution is 0.0698. The highest BCUT2D eigenvalue weighted by Gasteiger charge is 2.26. The van der Waals surface area contributed by atoms with Gasteiger partial charge in [-0.15, -0.1) is 11.3 Å². The van der Waals surface area contributed by atoms with Gasteiger partial charge in [-0.2, -0.15) is 5.10 Å². The van der Waals surface area contributed by atoms with Gasteiger partial charge >= 0.3 is 5.97 Å². The van der Waals surface area contributed by atoms with Crippen LogP contribution >= 0.6 is 11.3 Å². The third-order valence-corrected chi connectivity index (χ3v) is 5.64. The highest BCUT2D eigenvalue weighted by Crippen LogP contribution is 2.26. The molecule has 2 N–H and O–H groups in total. The van der Waals surface area contributed by atoms with E-state index in [0.29, 0.717) is 12.1 Å². The van der Waals surface area contributed by atoms with E-state index in [1.165, 1.54) is 5.38 Å². The van der Waals surface area contributed by atoms with Crippen molar-refractivity contribution in [2.75, 3.05) is 6.54 Å². The van der Waals surface area contributed by atoms with Gasteiger partial charge in [0.1, 0.15) is 9.77 Å². The van der Waals surface area contributed by atoms with Crippen LogP contribution in [0.4, 0.5) is 0 Å². The zero-order valence-corrected chi connectivity index (χ0v) is 13.2. The SMILES string of the molecule is Cc1cnn(CCNS(=O)(=O)c2c(C)csc2C(=O)O)c1. The second kappa shape index (κ2) is 5.96. The predicted molar refractivity (Wildman–Crippen MR) is 78.2 cm³/mol. The van der Waals surface area contributed by atoms with Crippen LogP contribution in [0.15, 0.2) is 22.7 Å². The Balaban J connectivity index is 2.12. The molecule has 0 spiro atoms. The van der Waals surface area contributed by atoms with Crippen molar-refractivity contribution in [3.05, 3.63) is 33.8 Å². The predicted octanol–water partition coefficient (Wildman–Crippen LogP) is 1.24. The molecule has 2 heterocycles. The average Bonchev–Trinajstić information content (AvgIpc) is 2.95. The minimum Gasteiger partial charge on any atom is -0.477 e.